The average molecular weight is 216 g/mol. The first-order valence-electron chi connectivity index (χ1n) is 4.69. The molecule has 1 nitrogen and oxygen atoms in total. The highest BCUT2D eigenvalue weighted by molar-refractivity contribution is 8.01. The molecule has 1 N–H and O–H groups in total. The van der Waals surface area contributed by atoms with Gasteiger partial charge in [0.25, 0.3) is 0 Å². The minimum absolute atomic E-state index is 0.181. The van der Waals surface area contributed by atoms with Gasteiger partial charge in [0.2, 0.25) is 0 Å². The zero-order chi connectivity index (χ0) is 9.52. The highest BCUT2D eigenvalue weighted by Gasteiger charge is 1.98. The van der Waals surface area contributed by atoms with Gasteiger partial charge in [0.05, 0.1) is 10.8 Å². The Hall–Kier alpha value is 0.01000. The Morgan fingerprint density at radius 1 is 1.38 bits per heavy atom. The Bertz CT molecular complexity index is 233. The molecule has 0 aliphatic rings. The van der Waals surface area contributed by atoms with Crippen LogP contribution in [0.2, 0.25) is 0 Å². The molecule has 0 aliphatic heterocycles. The summed E-state index contributed by atoms with van der Waals surface area (Å²) in [6.07, 6.45) is 3.91. The highest BCUT2D eigenvalue weighted by Crippen LogP contribution is 2.27. The van der Waals surface area contributed by atoms with Gasteiger partial charge in [0.15, 0.2) is 0 Å². The van der Waals surface area contributed by atoms with E-state index in [2.05, 4.69) is 13.0 Å². The highest BCUT2D eigenvalue weighted by atomic mass is 32.2. The van der Waals surface area contributed by atoms with Gasteiger partial charge < -0.3 is 5.11 Å². The lowest BCUT2D eigenvalue weighted by Crippen LogP contribution is -1.77. The molecule has 0 aliphatic carbocycles. The molecular formula is C10H16OS2. The van der Waals surface area contributed by atoms with Crippen molar-refractivity contribution in [2.75, 3.05) is 5.75 Å². The van der Waals surface area contributed by atoms with E-state index < -0.39 is 0 Å². The summed E-state index contributed by atoms with van der Waals surface area (Å²) in [5, 5.41) is 8.86. The third-order valence-corrected chi connectivity index (χ3v) is 4.17. The fourth-order valence-corrected chi connectivity index (χ4v) is 3.16. The van der Waals surface area contributed by atoms with Crippen molar-refractivity contribution < 1.29 is 5.11 Å². The molecule has 0 saturated carbocycles. The molecule has 0 bridgehead atoms. The molecule has 74 valence electrons. The number of thioether (sulfide) groups is 1. The van der Waals surface area contributed by atoms with E-state index in [0.717, 1.165) is 4.88 Å². The van der Waals surface area contributed by atoms with Gasteiger partial charge in [-0.1, -0.05) is 19.8 Å². The number of rotatable bonds is 6. The summed E-state index contributed by atoms with van der Waals surface area (Å²) in [5.41, 5.74) is 0. The molecule has 0 saturated heterocycles. The van der Waals surface area contributed by atoms with E-state index >= 15 is 0 Å². The van der Waals surface area contributed by atoms with Crippen LogP contribution < -0.4 is 0 Å². The fraction of sp³-hybridized carbons (Fsp3) is 0.600. The predicted molar refractivity (Wildman–Crippen MR) is 60.5 cm³/mol. The van der Waals surface area contributed by atoms with Crippen LogP contribution in [0.4, 0.5) is 0 Å². The molecule has 3 heteroatoms. The first-order chi connectivity index (χ1) is 6.36. The molecule has 0 fully saturated rings. The van der Waals surface area contributed by atoms with E-state index in [0.29, 0.717) is 0 Å². The van der Waals surface area contributed by atoms with Crippen LogP contribution in [0.5, 0.6) is 0 Å². The first-order valence-corrected chi connectivity index (χ1v) is 6.49. The van der Waals surface area contributed by atoms with Crippen molar-refractivity contribution in [1.82, 2.24) is 0 Å². The van der Waals surface area contributed by atoms with Crippen molar-refractivity contribution in [1.29, 1.82) is 0 Å². The standard InChI is InChI=1S/C10H16OS2/c1-2-3-4-7-12-10-6-5-9(8-11)13-10/h5-6,11H,2-4,7-8H2,1H3. The first kappa shape index (κ1) is 11.1. The lowest BCUT2D eigenvalue weighted by atomic mass is 10.3. The van der Waals surface area contributed by atoms with Crippen LogP contribution in [0.25, 0.3) is 0 Å². The fourth-order valence-electron chi connectivity index (χ4n) is 1.05. The van der Waals surface area contributed by atoms with Gasteiger partial charge in [0.1, 0.15) is 0 Å². The second-order valence-corrected chi connectivity index (χ2v) is 5.50. The molecule has 0 aromatic carbocycles. The Morgan fingerprint density at radius 3 is 2.85 bits per heavy atom. The van der Waals surface area contributed by atoms with E-state index in [1.54, 1.807) is 11.3 Å². The average Bonchev–Trinajstić information content (AvgIpc) is 2.60. The number of aliphatic hydroxyl groups is 1. The molecule has 1 heterocycles. The molecular weight excluding hydrogens is 200 g/mol. The molecule has 1 aromatic heterocycles. The van der Waals surface area contributed by atoms with Crippen LogP contribution in [0.3, 0.4) is 0 Å². The van der Waals surface area contributed by atoms with E-state index in [1.165, 1.54) is 29.2 Å². The number of hydrogen-bond donors (Lipinski definition) is 1. The van der Waals surface area contributed by atoms with Gasteiger partial charge in [-0.3, -0.25) is 0 Å². The van der Waals surface area contributed by atoms with Gasteiger partial charge in [-0.2, -0.15) is 0 Å². The molecule has 0 unspecified atom stereocenters. The number of unbranched alkanes of at least 4 members (excludes halogenated alkanes) is 2. The normalized spacial score (nSPS) is 10.6. The lowest BCUT2D eigenvalue weighted by molar-refractivity contribution is 0.285. The number of hydrogen-bond acceptors (Lipinski definition) is 3. The summed E-state index contributed by atoms with van der Waals surface area (Å²) in [7, 11) is 0. The van der Waals surface area contributed by atoms with Gasteiger partial charge in [-0.05, 0) is 24.3 Å². The molecule has 0 radical (unpaired) electrons. The molecule has 1 aromatic rings. The molecule has 0 spiro atoms. The van der Waals surface area contributed by atoms with Gasteiger partial charge in [0, 0.05) is 4.88 Å². The van der Waals surface area contributed by atoms with Crippen LogP contribution >= 0.6 is 23.1 Å². The topological polar surface area (TPSA) is 20.2 Å². The summed E-state index contributed by atoms with van der Waals surface area (Å²) < 4.78 is 1.33. The Labute approximate surface area is 88.2 Å². The smallest absolute Gasteiger partial charge is 0.0774 e. The van der Waals surface area contributed by atoms with Gasteiger partial charge in [-0.25, -0.2) is 0 Å². The third kappa shape index (κ3) is 4.16. The second kappa shape index (κ2) is 6.46. The lowest BCUT2D eigenvalue weighted by Gasteiger charge is -1.96. The minimum Gasteiger partial charge on any atom is -0.391 e. The maximum absolute atomic E-state index is 8.86. The summed E-state index contributed by atoms with van der Waals surface area (Å²) in [4.78, 5) is 1.07. The quantitative estimate of drug-likeness (QED) is 0.580. The summed E-state index contributed by atoms with van der Waals surface area (Å²) in [6.45, 7) is 2.40. The molecule has 0 amide bonds. The van der Waals surface area contributed by atoms with Crippen LogP contribution in [-0.4, -0.2) is 10.9 Å². The van der Waals surface area contributed by atoms with E-state index in [-0.39, 0.29) is 6.61 Å². The van der Waals surface area contributed by atoms with E-state index in [4.69, 9.17) is 5.11 Å². The van der Waals surface area contributed by atoms with Crippen LogP contribution in [0.1, 0.15) is 31.1 Å². The Morgan fingerprint density at radius 2 is 2.23 bits per heavy atom. The summed E-state index contributed by atoms with van der Waals surface area (Å²) in [5.74, 6) is 1.21. The third-order valence-electron chi connectivity index (χ3n) is 1.79. The van der Waals surface area contributed by atoms with Crippen molar-refractivity contribution in [2.24, 2.45) is 0 Å². The van der Waals surface area contributed by atoms with Crippen LogP contribution in [0, 0.1) is 0 Å². The summed E-state index contributed by atoms with van der Waals surface area (Å²) in [6, 6.07) is 4.11. The van der Waals surface area contributed by atoms with Crippen molar-refractivity contribution in [2.45, 2.75) is 37.0 Å². The van der Waals surface area contributed by atoms with Gasteiger partial charge >= 0.3 is 0 Å². The van der Waals surface area contributed by atoms with Crippen LogP contribution in [0.15, 0.2) is 16.3 Å². The van der Waals surface area contributed by atoms with Crippen molar-refractivity contribution in [3.05, 3.63) is 17.0 Å². The van der Waals surface area contributed by atoms with Crippen molar-refractivity contribution >= 4 is 23.1 Å². The Kier molecular flexibility index (Phi) is 5.51. The van der Waals surface area contributed by atoms with Crippen LogP contribution in [-0.2, 0) is 6.61 Å². The van der Waals surface area contributed by atoms with Crippen molar-refractivity contribution in [3.8, 4) is 0 Å². The maximum Gasteiger partial charge on any atom is 0.0774 e. The molecule has 13 heavy (non-hydrogen) atoms. The van der Waals surface area contributed by atoms with E-state index in [1.807, 2.05) is 17.8 Å². The number of thiophene rings is 1. The SMILES string of the molecule is CCCCCSc1ccc(CO)s1. The Balaban J connectivity index is 2.20. The molecule has 1 rings (SSSR count). The van der Waals surface area contributed by atoms with Gasteiger partial charge in [-0.15, -0.1) is 23.1 Å². The summed E-state index contributed by atoms with van der Waals surface area (Å²) >= 11 is 3.61. The second-order valence-electron chi connectivity index (χ2n) is 2.93. The predicted octanol–water partition coefficient (Wildman–Crippen LogP) is 3.52. The zero-order valence-corrected chi connectivity index (χ0v) is 9.59. The minimum atomic E-state index is 0.181. The maximum atomic E-state index is 8.86. The monoisotopic (exact) mass is 216 g/mol. The molecule has 0 atom stereocenters. The number of aliphatic hydroxyl groups excluding tert-OH is 1. The largest absolute Gasteiger partial charge is 0.391 e. The van der Waals surface area contributed by atoms with E-state index in [9.17, 15) is 0 Å². The van der Waals surface area contributed by atoms with Crippen molar-refractivity contribution in [3.63, 3.8) is 0 Å². The zero-order valence-electron chi connectivity index (χ0n) is 7.95.